The van der Waals surface area contributed by atoms with E-state index in [9.17, 15) is 4.79 Å². The summed E-state index contributed by atoms with van der Waals surface area (Å²) in [7, 11) is 1.84. The number of aryl methyl sites for hydroxylation is 1. The Morgan fingerprint density at radius 3 is 2.86 bits per heavy atom. The van der Waals surface area contributed by atoms with Gasteiger partial charge in [0, 0.05) is 18.8 Å². The van der Waals surface area contributed by atoms with Crippen LogP contribution in [0.5, 0.6) is 5.75 Å². The normalized spacial score (nSPS) is 10.2. The van der Waals surface area contributed by atoms with Gasteiger partial charge in [-0.3, -0.25) is 4.79 Å². The summed E-state index contributed by atoms with van der Waals surface area (Å²) < 4.78 is 7.09. The van der Waals surface area contributed by atoms with Crippen molar-refractivity contribution in [1.82, 2.24) is 4.57 Å². The molecule has 0 aromatic carbocycles. The minimum absolute atomic E-state index is 0.104. The highest BCUT2D eigenvalue weighted by atomic mass is 35.5. The smallest absolute Gasteiger partial charge is 0.223 e. The summed E-state index contributed by atoms with van der Waals surface area (Å²) in [6.07, 6.45) is 2.57. The lowest BCUT2D eigenvalue weighted by Crippen LogP contribution is -2.13. The lowest BCUT2D eigenvalue weighted by atomic mass is 10.3. The molecule has 0 spiro atoms. The number of halogens is 1. The maximum absolute atomic E-state index is 11.5. The van der Waals surface area contributed by atoms with E-state index in [4.69, 9.17) is 16.3 Å². The molecule has 14 heavy (non-hydrogen) atoms. The standard InChI is InChI=1S/C10H14ClNO2/c1-3-4-14-10-7-12(2)8(6-11)5-9(10)13/h5,7H,3-4,6H2,1-2H3. The topological polar surface area (TPSA) is 31.2 Å². The molecule has 0 N–H and O–H groups in total. The summed E-state index contributed by atoms with van der Waals surface area (Å²) in [5.74, 6) is 0.725. The Kier molecular flexibility index (Phi) is 4.01. The Morgan fingerprint density at radius 2 is 2.29 bits per heavy atom. The lowest BCUT2D eigenvalue weighted by Gasteiger charge is -2.08. The van der Waals surface area contributed by atoms with Crippen molar-refractivity contribution in [3.63, 3.8) is 0 Å². The third kappa shape index (κ3) is 2.51. The van der Waals surface area contributed by atoms with Gasteiger partial charge < -0.3 is 9.30 Å². The van der Waals surface area contributed by atoms with Gasteiger partial charge in [0.05, 0.1) is 18.7 Å². The summed E-state index contributed by atoms with van der Waals surface area (Å²) >= 11 is 5.66. The van der Waals surface area contributed by atoms with Crippen molar-refractivity contribution in [2.24, 2.45) is 7.05 Å². The quantitative estimate of drug-likeness (QED) is 0.719. The third-order valence-electron chi connectivity index (χ3n) is 1.90. The molecular formula is C10H14ClNO2. The highest BCUT2D eigenvalue weighted by Crippen LogP contribution is 2.07. The number of rotatable bonds is 4. The first-order chi connectivity index (χ1) is 6.69. The first-order valence-corrected chi connectivity index (χ1v) is 5.10. The average molecular weight is 216 g/mol. The van der Waals surface area contributed by atoms with E-state index in [-0.39, 0.29) is 5.43 Å². The van der Waals surface area contributed by atoms with Gasteiger partial charge in [-0.05, 0) is 6.42 Å². The predicted molar refractivity (Wildman–Crippen MR) is 57.0 cm³/mol. The van der Waals surface area contributed by atoms with Crippen molar-refractivity contribution in [1.29, 1.82) is 0 Å². The molecule has 0 saturated carbocycles. The molecule has 1 rings (SSSR count). The molecule has 0 radical (unpaired) electrons. The van der Waals surface area contributed by atoms with Crippen molar-refractivity contribution >= 4 is 11.6 Å². The van der Waals surface area contributed by atoms with E-state index in [0.717, 1.165) is 12.1 Å². The molecule has 0 bridgehead atoms. The molecule has 0 unspecified atom stereocenters. The number of hydrogen-bond acceptors (Lipinski definition) is 2. The zero-order chi connectivity index (χ0) is 10.6. The summed E-state index contributed by atoms with van der Waals surface area (Å²) in [6.45, 7) is 2.56. The Morgan fingerprint density at radius 1 is 1.57 bits per heavy atom. The molecule has 78 valence electrons. The number of alkyl halides is 1. The molecular weight excluding hydrogens is 202 g/mol. The van der Waals surface area contributed by atoms with Gasteiger partial charge in [-0.1, -0.05) is 6.92 Å². The summed E-state index contributed by atoms with van der Waals surface area (Å²) in [5.41, 5.74) is 0.688. The molecule has 4 heteroatoms. The second-order valence-electron chi connectivity index (χ2n) is 3.09. The van der Waals surface area contributed by atoms with Crippen LogP contribution in [0.1, 0.15) is 19.0 Å². The fourth-order valence-electron chi connectivity index (χ4n) is 1.10. The monoisotopic (exact) mass is 215 g/mol. The van der Waals surface area contributed by atoms with E-state index < -0.39 is 0 Å². The number of hydrogen-bond donors (Lipinski definition) is 0. The molecule has 0 fully saturated rings. The fraction of sp³-hybridized carbons (Fsp3) is 0.500. The number of pyridine rings is 1. The van der Waals surface area contributed by atoms with Crippen molar-refractivity contribution in [3.8, 4) is 5.75 Å². The van der Waals surface area contributed by atoms with Crippen LogP contribution in [0.15, 0.2) is 17.1 Å². The highest BCUT2D eigenvalue weighted by Gasteiger charge is 2.03. The van der Waals surface area contributed by atoms with Crippen LogP contribution in [0.3, 0.4) is 0 Å². The van der Waals surface area contributed by atoms with Crippen LogP contribution in [0.2, 0.25) is 0 Å². The van der Waals surface area contributed by atoms with Crippen LogP contribution < -0.4 is 10.2 Å². The molecule has 0 atom stereocenters. The first kappa shape index (κ1) is 11.1. The summed E-state index contributed by atoms with van der Waals surface area (Å²) in [6, 6.07) is 1.51. The molecule has 1 aromatic heterocycles. The van der Waals surface area contributed by atoms with E-state index in [2.05, 4.69) is 0 Å². The van der Waals surface area contributed by atoms with Crippen LogP contribution in [-0.2, 0) is 12.9 Å². The molecule has 0 aliphatic carbocycles. The second-order valence-corrected chi connectivity index (χ2v) is 3.35. The lowest BCUT2D eigenvalue weighted by molar-refractivity contribution is 0.311. The largest absolute Gasteiger partial charge is 0.488 e. The average Bonchev–Trinajstić information content (AvgIpc) is 2.18. The minimum Gasteiger partial charge on any atom is -0.488 e. The van der Waals surface area contributed by atoms with Crippen LogP contribution in [-0.4, -0.2) is 11.2 Å². The number of ether oxygens (including phenoxy) is 1. The van der Waals surface area contributed by atoms with Crippen LogP contribution in [0.25, 0.3) is 0 Å². The Bertz CT molecular complexity index is 360. The maximum Gasteiger partial charge on any atom is 0.223 e. The number of aromatic nitrogens is 1. The second kappa shape index (κ2) is 5.05. The maximum atomic E-state index is 11.5. The molecule has 0 aliphatic rings. The van der Waals surface area contributed by atoms with Gasteiger partial charge >= 0.3 is 0 Å². The Balaban J connectivity index is 2.97. The van der Waals surface area contributed by atoms with Gasteiger partial charge in [0.2, 0.25) is 5.43 Å². The van der Waals surface area contributed by atoms with Gasteiger partial charge in [-0.2, -0.15) is 0 Å². The molecule has 3 nitrogen and oxygen atoms in total. The Labute approximate surface area is 88.3 Å². The molecule has 0 saturated heterocycles. The number of nitrogens with zero attached hydrogens (tertiary/aromatic N) is 1. The van der Waals surface area contributed by atoms with Gasteiger partial charge in [-0.15, -0.1) is 11.6 Å². The van der Waals surface area contributed by atoms with Crippen molar-refractivity contribution in [2.75, 3.05) is 6.61 Å². The van der Waals surface area contributed by atoms with E-state index in [1.807, 2.05) is 14.0 Å². The third-order valence-corrected chi connectivity index (χ3v) is 2.18. The van der Waals surface area contributed by atoms with Gasteiger partial charge in [0.15, 0.2) is 5.75 Å². The molecule has 0 amide bonds. The van der Waals surface area contributed by atoms with E-state index in [1.165, 1.54) is 6.07 Å². The highest BCUT2D eigenvalue weighted by molar-refractivity contribution is 6.16. The molecule has 1 aromatic rings. The fourth-order valence-corrected chi connectivity index (χ4v) is 1.37. The molecule has 0 aliphatic heterocycles. The zero-order valence-corrected chi connectivity index (χ0v) is 9.17. The minimum atomic E-state index is -0.104. The Hall–Kier alpha value is -0.960. The first-order valence-electron chi connectivity index (χ1n) is 4.57. The van der Waals surface area contributed by atoms with E-state index >= 15 is 0 Å². The summed E-state index contributed by atoms with van der Waals surface area (Å²) in [5, 5.41) is 0. The van der Waals surface area contributed by atoms with E-state index in [0.29, 0.717) is 18.2 Å². The van der Waals surface area contributed by atoms with Crippen LogP contribution >= 0.6 is 11.6 Å². The zero-order valence-electron chi connectivity index (χ0n) is 8.42. The van der Waals surface area contributed by atoms with Gasteiger partial charge in [0.25, 0.3) is 0 Å². The van der Waals surface area contributed by atoms with Crippen molar-refractivity contribution in [3.05, 3.63) is 28.2 Å². The van der Waals surface area contributed by atoms with Crippen molar-refractivity contribution < 1.29 is 4.74 Å². The predicted octanol–water partition coefficient (Wildman–Crippen LogP) is 1.91. The van der Waals surface area contributed by atoms with Gasteiger partial charge in [0.1, 0.15) is 0 Å². The van der Waals surface area contributed by atoms with Crippen LogP contribution in [0.4, 0.5) is 0 Å². The molecule has 1 heterocycles. The summed E-state index contributed by atoms with van der Waals surface area (Å²) in [4.78, 5) is 11.5. The van der Waals surface area contributed by atoms with E-state index in [1.54, 1.807) is 10.8 Å². The van der Waals surface area contributed by atoms with Crippen LogP contribution in [0, 0.1) is 0 Å². The SMILES string of the molecule is CCCOc1cn(C)c(CCl)cc1=O. The van der Waals surface area contributed by atoms with Crippen molar-refractivity contribution in [2.45, 2.75) is 19.2 Å². The van der Waals surface area contributed by atoms with Gasteiger partial charge in [-0.25, -0.2) is 0 Å².